The Morgan fingerprint density at radius 3 is 2.65 bits per heavy atom. The average Bonchev–Trinajstić information content (AvgIpc) is 2.96. The van der Waals surface area contributed by atoms with Crippen LogP contribution in [-0.4, -0.2) is 29.1 Å². The van der Waals surface area contributed by atoms with E-state index in [1.807, 2.05) is 17.5 Å². The third kappa shape index (κ3) is 3.55. The Labute approximate surface area is 122 Å². The van der Waals surface area contributed by atoms with Gasteiger partial charge in [0.2, 0.25) is 0 Å². The minimum atomic E-state index is -0.177. The van der Waals surface area contributed by atoms with Crippen LogP contribution in [0, 0.1) is 5.82 Å². The topological polar surface area (TPSA) is 25.4 Å². The van der Waals surface area contributed by atoms with Gasteiger partial charge in [-0.25, -0.2) is 9.37 Å². The van der Waals surface area contributed by atoms with Gasteiger partial charge in [0.05, 0.1) is 0 Å². The lowest BCUT2D eigenvalue weighted by molar-refractivity contribution is 0.0965. The number of likely N-dealkylation sites (tertiary alicyclic amines) is 1. The van der Waals surface area contributed by atoms with Crippen molar-refractivity contribution in [2.75, 3.05) is 13.1 Å². The molecule has 0 N–H and O–H groups in total. The lowest BCUT2D eigenvalue weighted by Gasteiger charge is -2.31. The molecule has 1 saturated heterocycles. The lowest BCUT2D eigenvalue weighted by atomic mass is 10.1. The first-order chi connectivity index (χ1) is 9.79. The monoisotopic (exact) mass is 292 g/mol. The Kier molecular flexibility index (Phi) is 4.28. The molecule has 20 heavy (non-hydrogen) atoms. The summed E-state index contributed by atoms with van der Waals surface area (Å²) in [6, 6.07) is 6.75. The quantitative estimate of drug-likeness (QED) is 0.864. The number of nitrogens with zero attached hydrogens (tertiary/aromatic N) is 2. The summed E-state index contributed by atoms with van der Waals surface area (Å²) < 4.78 is 18.7. The fraction of sp³-hybridized carbons (Fsp3) is 0.400. The SMILES string of the molecule is Fc1ccc(CN2CCC(Oc3nccs3)CC2)cc1. The molecule has 3 rings (SSSR count). The zero-order valence-corrected chi connectivity index (χ0v) is 12.0. The van der Waals surface area contributed by atoms with Crippen molar-refractivity contribution < 1.29 is 9.13 Å². The summed E-state index contributed by atoms with van der Waals surface area (Å²) >= 11 is 1.54. The molecule has 0 saturated carbocycles. The molecule has 1 aromatic carbocycles. The number of piperidine rings is 1. The predicted octanol–water partition coefficient (Wildman–Crippen LogP) is 3.33. The van der Waals surface area contributed by atoms with Crippen molar-refractivity contribution >= 4 is 11.3 Å². The normalized spacial score (nSPS) is 17.2. The number of aromatic nitrogens is 1. The standard InChI is InChI=1S/C15H17FN2OS/c16-13-3-1-12(2-4-13)11-18-8-5-14(6-9-18)19-15-17-7-10-20-15/h1-4,7,10,14H,5-6,8-9,11H2. The summed E-state index contributed by atoms with van der Waals surface area (Å²) in [5.74, 6) is -0.177. The zero-order valence-electron chi connectivity index (χ0n) is 11.2. The molecule has 0 atom stereocenters. The predicted molar refractivity (Wildman–Crippen MR) is 77.4 cm³/mol. The van der Waals surface area contributed by atoms with Crippen LogP contribution in [0.3, 0.4) is 0 Å². The van der Waals surface area contributed by atoms with Gasteiger partial charge < -0.3 is 4.74 Å². The number of thiazole rings is 1. The third-order valence-electron chi connectivity index (χ3n) is 3.53. The highest BCUT2D eigenvalue weighted by Crippen LogP contribution is 2.21. The number of ether oxygens (including phenoxy) is 1. The molecule has 1 aromatic heterocycles. The first kappa shape index (κ1) is 13.5. The molecule has 1 aliphatic rings. The molecule has 0 unspecified atom stereocenters. The van der Waals surface area contributed by atoms with Gasteiger partial charge in [0.25, 0.3) is 5.19 Å². The summed E-state index contributed by atoms with van der Waals surface area (Å²) in [7, 11) is 0. The number of hydrogen-bond donors (Lipinski definition) is 0. The van der Waals surface area contributed by atoms with Crippen LogP contribution >= 0.6 is 11.3 Å². The average molecular weight is 292 g/mol. The van der Waals surface area contributed by atoms with Gasteiger partial charge in [-0.2, -0.15) is 0 Å². The Morgan fingerprint density at radius 2 is 2.00 bits per heavy atom. The molecule has 5 heteroatoms. The smallest absolute Gasteiger partial charge is 0.273 e. The molecule has 0 bridgehead atoms. The second-order valence-corrected chi connectivity index (χ2v) is 5.87. The Hall–Kier alpha value is -1.46. The molecule has 0 radical (unpaired) electrons. The summed E-state index contributed by atoms with van der Waals surface area (Å²) in [6.45, 7) is 2.89. The second-order valence-electron chi connectivity index (χ2n) is 5.02. The van der Waals surface area contributed by atoms with Gasteiger partial charge in [0, 0.05) is 31.2 Å². The van der Waals surface area contributed by atoms with E-state index in [4.69, 9.17) is 4.74 Å². The van der Waals surface area contributed by atoms with E-state index in [1.54, 1.807) is 6.20 Å². The minimum absolute atomic E-state index is 0.177. The van der Waals surface area contributed by atoms with Crippen LogP contribution in [0.15, 0.2) is 35.8 Å². The van der Waals surface area contributed by atoms with E-state index in [0.29, 0.717) is 0 Å². The number of rotatable bonds is 4. The Balaban J connectivity index is 1.47. The molecular formula is C15H17FN2OS. The lowest BCUT2D eigenvalue weighted by Crippen LogP contribution is -2.37. The molecule has 2 heterocycles. The summed E-state index contributed by atoms with van der Waals surface area (Å²) in [6.07, 6.45) is 4.07. The maximum atomic E-state index is 12.9. The van der Waals surface area contributed by atoms with Gasteiger partial charge in [-0.1, -0.05) is 23.5 Å². The van der Waals surface area contributed by atoms with Crippen molar-refractivity contribution in [1.82, 2.24) is 9.88 Å². The van der Waals surface area contributed by atoms with Crippen LogP contribution in [0.2, 0.25) is 0 Å². The van der Waals surface area contributed by atoms with Crippen LogP contribution in [0.4, 0.5) is 4.39 Å². The highest BCUT2D eigenvalue weighted by atomic mass is 32.1. The van der Waals surface area contributed by atoms with E-state index in [9.17, 15) is 4.39 Å². The Morgan fingerprint density at radius 1 is 1.25 bits per heavy atom. The van der Waals surface area contributed by atoms with Gasteiger partial charge >= 0.3 is 0 Å². The van der Waals surface area contributed by atoms with Gasteiger partial charge in [-0.15, -0.1) is 0 Å². The van der Waals surface area contributed by atoms with Gasteiger partial charge in [-0.3, -0.25) is 4.90 Å². The zero-order chi connectivity index (χ0) is 13.8. The van der Waals surface area contributed by atoms with Gasteiger partial charge in [0.15, 0.2) is 0 Å². The molecule has 1 fully saturated rings. The molecule has 0 amide bonds. The third-order valence-corrected chi connectivity index (χ3v) is 4.19. The van der Waals surface area contributed by atoms with Gasteiger partial charge in [0.1, 0.15) is 11.9 Å². The van der Waals surface area contributed by atoms with Crippen molar-refractivity contribution in [1.29, 1.82) is 0 Å². The van der Waals surface area contributed by atoms with Crippen LogP contribution in [0.5, 0.6) is 5.19 Å². The van der Waals surface area contributed by atoms with Crippen molar-refractivity contribution in [3.05, 3.63) is 47.2 Å². The van der Waals surface area contributed by atoms with E-state index in [0.717, 1.165) is 43.2 Å². The highest BCUT2D eigenvalue weighted by Gasteiger charge is 2.21. The largest absolute Gasteiger partial charge is 0.467 e. The van der Waals surface area contributed by atoms with E-state index < -0.39 is 0 Å². The maximum Gasteiger partial charge on any atom is 0.273 e. The van der Waals surface area contributed by atoms with Gasteiger partial charge in [-0.05, 0) is 30.5 Å². The first-order valence-electron chi connectivity index (χ1n) is 6.82. The molecule has 0 aliphatic carbocycles. The highest BCUT2D eigenvalue weighted by molar-refractivity contribution is 7.11. The van der Waals surface area contributed by atoms with Crippen molar-refractivity contribution in [2.24, 2.45) is 0 Å². The van der Waals surface area contributed by atoms with Crippen LogP contribution in [0.1, 0.15) is 18.4 Å². The fourth-order valence-corrected chi connectivity index (χ4v) is 3.00. The molecule has 106 valence electrons. The summed E-state index contributed by atoms with van der Waals surface area (Å²) in [4.78, 5) is 6.54. The summed E-state index contributed by atoms with van der Waals surface area (Å²) in [5.41, 5.74) is 1.16. The Bertz CT molecular complexity index is 521. The maximum absolute atomic E-state index is 12.9. The van der Waals surface area contributed by atoms with E-state index in [2.05, 4.69) is 9.88 Å². The van der Waals surface area contributed by atoms with Crippen molar-refractivity contribution in [3.63, 3.8) is 0 Å². The second kappa shape index (κ2) is 6.33. The number of benzene rings is 1. The molecular weight excluding hydrogens is 275 g/mol. The summed E-state index contributed by atoms with van der Waals surface area (Å²) in [5, 5.41) is 2.70. The van der Waals surface area contributed by atoms with E-state index in [1.165, 1.54) is 23.5 Å². The van der Waals surface area contributed by atoms with Crippen LogP contribution < -0.4 is 4.74 Å². The van der Waals surface area contributed by atoms with Crippen molar-refractivity contribution in [2.45, 2.75) is 25.5 Å². The molecule has 3 nitrogen and oxygen atoms in total. The van der Waals surface area contributed by atoms with E-state index in [-0.39, 0.29) is 11.9 Å². The molecule has 2 aromatic rings. The van der Waals surface area contributed by atoms with Crippen LogP contribution in [0.25, 0.3) is 0 Å². The minimum Gasteiger partial charge on any atom is -0.467 e. The van der Waals surface area contributed by atoms with E-state index >= 15 is 0 Å². The van der Waals surface area contributed by atoms with Crippen LogP contribution in [-0.2, 0) is 6.54 Å². The number of halogens is 1. The fourth-order valence-electron chi connectivity index (χ4n) is 2.44. The van der Waals surface area contributed by atoms with Crippen molar-refractivity contribution in [3.8, 4) is 5.19 Å². The molecule has 1 aliphatic heterocycles. The number of hydrogen-bond acceptors (Lipinski definition) is 4. The first-order valence-corrected chi connectivity index (χ1v) is 7.70. The molecule has 0 spiro atoms.